The minimum absolute atomic E-state index is 0.0717. The number of alkyl halides is 1. The van der Waals surface area contributed by atoms with E-state index in [0.717, 1.165) is 10.6 Å². The van der Waals surface area contributed by atoms with Crippen molar-refractivity contribution >= 4 is 8.25 Å². The second-order valence-electron chi connectivity index (χ2n) is 5.99. The molecule has 138 valence electrons. The van der Waals surface area contributed by atoms with Crippen LogP contribution in [0.5, 0.6) is 5.75 Å². The van der Waals surface area contributed by atoms with Crippen LogP contribution in [0, 0.1) is 5.92 Å². The van der Waals surface area contributed by atoms with Gasteiger partial charge in [-0.2, -0.15) is 0 Å². The molecule has 1 saturated heterocycles. The summed E-state index contributed by atoms with van der Waals surface area (Å²) in [7, 11) is -2.58. The molecule has 1 unspecified atom stereocenters. The van der Waals surface area contributed by atoms with Crippen LogP contribution in [0.4, 0.5) is 4.39 Å². The summed E-state index contributed by atoms with van der Waals surface area (Å²) >= 11 is 0. The van der Waals surface area contributed by atoms with Crippen LogP contribution in [0.2, 0.25) is 0 Å². The van der Waals surface area contributed by atoms with Gasteiger partial charge in [-0.15, -0.1) is 4.52 Å². The Balaban J connectivity index is 1.63. The van der Waals surface area contributed by atoms with Crippen molar-refractivity contribution in [2.45, 2.75) is 25.4 Å². The topological polar surface area (TPSA) is 99.6 Å². The van der Waals surface area contributed by atoms with Crippen molar-refractivity contribution < 1.29 is 22.7 Å². The number of nitrogens with one attached hydrogen (secondary N) is 1. The summed E-state index contributed by atoms with van der Waals surface area (Å²) in [6, 6.07) is 9.50. The molecule has 1 N–H and O–H groups in total. The molecular weight excluding hydrogens is 366 g/mol. The molecule has 10 heteroatoms. The van der Waals surface area contributed by atoms with Crippen LogP contribution >= 0.6 is 8.25 Å². The average Bonchev–Trinajstić information content (AvgIpc) is 2.89. The number of aromatic nitrogens is 2. The van der Waals surface area contributed by atoms with Crippen LogP contribution in [0.3, 0.4) is 0 Å². The average molecular weight is 383 g/mol. The van der Waals surface area contributed by atoms with Crippen LogP contribution in [0.15, 0.2) is 52.2 Å². The molecule has 0 radical (unpaired) electrons. The van der Waals surface area contributed by atoms with Gasteiger partial charge in [0.2, 0.25) is 5.85 Å². The molecular formula is C16H17FN2O6P+. The molecule has 0 aliphatic carbocycles. The maximum Gasteiger partial charge on any atom is 0.750 e. The van der Waals surface area contributed by atoms with E-state index in [1.54, 1.807) is 37.3 Å². The van der Waals surface area contributed by atoms with Gasteiger partial charge in [0.15, 0.2) is 12.4 Å². The van der Waals surface area contributed by atoms with Gasteiger partial charge in [0.25, 0.3) is 5.56 Å². The van der Waals surface area contributed by atoms with Crippen LogP contribution in [-0.4, -0.2) is 22.0 Å². The molecule has 1 fully saturated rings. The summed E-state index contributed by atoms with van der Waals surface area (Å²) in [5.74, 6) is -2.27. The standard InChI is InChI=1S/C16H16FN2O6P/c1-11-9-16(17,10-23-26(22)25-12-5-3-2-4-6-12)24-14(11)19-8-7-13(20)18-15(19)21/h2-8,11,14H,9-10H2,1H3/p+1/t11-,14+,16-/m0/s1. The molecule has 2 heterocycles. The molecule has 0 amide bonds. The number of aromatic amines is 1. The van der Waals surface area contributed by atoms with E-state index >= 15 is 0 Å². The third kappa shape index (κ3) is 4.24. The van der Waals surface area contributed by atoms with Gasteiger partial charge in [0, 0.05) is 29.2 Å². The first-order valence-corrected chi connectivity index (χ1v) is 8.97. The van der Waals surface area contributed by atoms with Gasteiger partial charge in [-0.3, -0.25) is 14.3 Å². The van der Waals surface area contributed by atoms with Crippen molar-refractivity contribution in [3.05, 3.63) is 63.4 Å². The zero-order chi connectivity index (χ0) is 18.7. The molecule has 2 aromatic rings. The van der Waals surface area contributed by atoms with Gasteiger partial charge in [-0.1, -0.05) is 25.1 Å². The van der Waals surface area contributed by atoms with E-state index in [9.17, 15) is 18.5 Å². The number of halogens is 1. The highest BCUT2D eigenvalue weighted by atomic mass is 31.1. The van der Waals surface area contributed by atoms with Gasteiger partial charge in [0.05, 0.1) is 0 Å². The SMILES string of the molecule is C[C@H]1C[C@@](F)(CO[P+](=O)Oc2ccccc2)O[C@H]1n1ccc(=O)[nH]c1=O. The summed E-state index contributed by atoms with van der Waals surface area (Å²) in [6.45, 7) is 1.08. The van der Waals surface area contributed by atoms with Crippen LogP contribution in [-0.2, 0) is 13.8 Å². The molecule has 1 aliphatic rings. The Hall–Kier alpha value is -2.35. The molecule has 3 rings (SSSR count). The van der Waals surface area contributed by atoms with Crippen molar-refractivity contribution in [2.24, 2.45) is 5.92 Å². The van der Waals surface area contributed by atoms with E-state index in [1.165, 1.54) is 6.20 Å². The lowest BCUT2D eigenvalue weighted by Gasteiger charge is -2.19. The van der Waals surface area contributed by atoms with Gasteiger partial charge in [0.1, 0.15) is 6.23 Å². The predicted octanol–water partition coefficient (Wildman–Crippen LogP) is 2.51. The molecule has 0 saturated carbocycles. The van der Waals surface area contributed by atoms with Gasteiger partial charge in [-0.25, -0.2) is 13.7 Å². The zero-order valence-corrected chi connectivity index (χ0v) is 14.7. The Labute approximate surface area is 148 Å². The molecule has 0 spiro atoms. The molecule has 4 atom stereocenters. The van der Waals surface area contributed by atoms with Gasteiger partial charge in [-0.05, 0) is 12.1 Å². The largest absolute Gasteiger partial charge is 0.750 e. The Bertz CT molecular complexity index is 901. The molecule has 1 aromatic heterocycles. The Morgan fingerprint density at radius 3 is 2.77 bits per heavy atom. The first-order chi connectivity index (χ1) is 12.4. The third-order valence-corrected chi connectivity index (χ3v) is 4.58. The molecule has 1 aromatic carbocycles. The van der Waals surface area contributed by atoms with Gasteiger partial charge < -0.3 is 4.74 Å². The first-order valence-electron chi connectivity index (χ1n) is 7.88. The number of hydrogen-bond acceptors (Lipinski definition) is 6. The molecule has 1 aliphatic heterocycles. The lowest BCUT2D eigenvalue weighted by molar-refractivity contribution is -0.174. The second-order valence-corrected chi connectivity index (χ2v) is 6.88. The maximum atomic E-state index is 14.9. The quantitative estimate of drug-likeness (QED) is 0.770. The first kappa shape index (κ1) is 18.4. The fourth-order valence-electron chi connectivity index (χ4n) is 2.76. The summed E-state index contributed by atoms with van der Waals surface area (Å²) < 4.78 is 43.2. The number of ether oxygens (including phenoxy) is 1. The summed E-state index contributed by atoms with van der Waals surface area (Å²) in [5.41, 5.74) is -1.25. The second kappa shape index (κ2) is 7.49. The number of H-pyrrole nitrogens is 1. The van der Waals surface area contributed by atoms with Crippen molar-refractivity contribution in [1.29, 1.82) is 0 Å². The lowest BCUT2D eigenvalue weighted by atomic mass is 10.1. The van der Waals surface area contributed by atoms with Crippen LogP contribution < -0.4 is 15.8 Å². The Kier molecular flexibility index (Phi) is 5.31. The highest BCUT2D eigenvalue weighted by Gasteiger charge is 2.49. The predicted molar refractivity (Wildman–Crippen MR) is 89.7 cm³/mol. The zero-order valence-electron chi connectivity index (χ0n) is 13.8. The van der Waals surface area contributed by atoms with Crippen LogP contribution in [0.1, 0.15) is 19.6 Å². The lowest BCUT2D eigenvalue weighted by Crippen LogP contribution is -2.34. The van der Waals surface area contributed by atoms with E-state index < -0.39 is 38.2 Å². The Morgan fingerprint density at radius 2 is 2.08 bits per heavy atom. The molecule has 0 bridgehead atoms. The fraction of sp³-hybridized carbons (Fsp3) is 0.375. The monoisotopic (exact) mass is 383 g/mol. The van der Waals surface area contributed by atoms with E-state index in [4.69, 9.17) is 13.8 Å². The number of para-hydroxylation sites is 1. The smallest absolute Gasteiger partial charge is 0.319 e. The van der Waals surface area contributed by atoms with Crippen molar-refractivity contribution in [3.8, 4) is 5.75 Å². The number of rotatable bonds is 6. The van der Waals surface area contributed by atoms with Gasteiger partial charge >= 0.3 is 13.9 Å². The van der Waals surface area contributed by atoms with Crippen molar-refractivity contribution in [2.75, 3.05) is 6.61 Å². The van der Waals surface area contributed by atoms with Crippen LogP contribution in [0.25, 0.3) is 0 Å². The Morgan fingerprint density at radius 1 is 1.35 bits per heavy atom. The van der Waals surface area contributed by atoms with Crippen molar-refractivity contribution in [3.63, 3.8) is 0 Å². The normalized spacial score (nSPS) is 25.8. The fourth-order valence-corrected chi connectivity index (χ4v) is 3.40. The minimum Gasteiger partial charge on any atom is -0.319 e. The number of benzene rings is 1. The molecule has 8 nitrogen and oxygen atoms in total. The van der Waals surface area contributed by atoms with E-state index in [-0.39, 0.29) is 12.3 Å². The van der Waals surface area contributed by atoms with Crippen molar-refractivity contribution in [1.82, 2.24) is 9.55 Å². The summed E-state index contributed by atoms with van der Waals surface area (Å²) in [6.07, 6.45) is 0.256. The molecule has 26 heavy (non-hydrogen) atoms. The van der Waals surface area contributed by atoms with E-state index in [2.05, 4.69) is 4.98 Å². The van der Waals surface area contributed by atoms with E-state index in [0.29, 0.717) is 5.75 Å². The summed E-state index contributed by atoms with van der Waals surface area (Å²) in [5, 5.41) is 0. The minimum atomic E-state index is -2.58. The number of nitrogens with zero attached hydrogens (tertiary/aromatic N) is 1. The number of hydrogen-bond donors (Lipinski definition) is 1. The maximum absolute atomic E-state index is 14.9. The highest BCUT2D eigenvalue weighted by molar-refractivity contribution is 7.33. The summed E-state index contributed by atoms with van der Waals surface area (Å²) in [4.78, 5) is 25.1. The third-order valence-electron chi connectivity index (χ3n) is 3.88. The highest BCUT2D eigenvalue weighted by Crippen LogP contribution is 2.43. The van der Waals surface area contributed by atoms with E-state index in [1.807, 2.05) is 0 Å².